The van der Waals surface area contributed by atoms with Crippen LogP contribution in [0.3, 0.4) is 0 Å². The molecule has 0 fully saturated rings. The number of thiocarbonyl (C=S) groups is 1. The molecule has 1 atom stereocenters. The fourth-order valence-electron chi connectivity index (χ4n) is 2.72. The summed E-state index contributed by atoms with van der Waals surface area (Å²) in [6.07, 6.45) is 0.884. The van der Waals surface area contributed by atoms with E-state index in [4.69, 9.17) is 21.7 Å². The highest BCUT2D eigenvalue weighted by atomic mass is 32.1. The molecule has 0 radical (unpaired) electrons. The fraction of sp³-hybridized carbons (Fsp3) is 0.333. The molecule has 2 aromatic carbocycles. The Balaban J connectivity index is 2.04. The Morgan fingerprint density at radius 3 is 2.41 bits per heavy atom. The smallest absolute Gasteiger partial charge is 0.338 e. The Bertz CT molecular complexity index is 791. The Morgan fingerprint density at radius 2 is 1.85 bits per heavy atom. The van der Waals surface area contributed by atoms with Crippen LogP contribution in [0.4, 0.5) is 5.69 Å². The zero-order valence-corrected chi connectivity index (χ0v) is 17.0. The molecule has 0 aliphatic rings. The van der Waals surface area contributed by atoms with Gasteiger partial charge in [-0.1, -0.05) is 19.1 Å². The average Bonchev–Trinajstić information content (AvgIpc) is 2.68. The molecule has 0 spiro atoms. The van der Waals surface area contributed by atoms with Crippen molar-refractivity contribution in [1.82, 2.24) is 5.32 Å². The number of nitrogens with one attached hydrogen (secondary N) is 2. The second-order valence-corrected chi connectivity index (χ2v) is 6.49. The SMILES string of the molecule is CCOC(=O)c1ccc(NC(=S)N[C@H](CC)c2ccc(OC)cc2)c(C)c1. The summed E-state index contributed by atoms with van der Waals surface area (Å²) in [5.41, 5.74) is 3.44. The number of esters is 1. The number of hydrogen-bond donors (Lipinski definition) is 2. The Morgan fingerprint density at radius 1 is 1.15 bits per heavy atom. The maximum Gasteiger partial charge on any atom is 0.338 e. The predicted molar refractivity (Wildman–Crippen MR) is 113 cm³/mol. The minimum atomic E-state index is -0.321. The maximum absolute atomic E-state index is 11.8. The van der Waals surface area contributed by atoms with Gasteiger partial charge in [-0.25, -0.2) is 4.79 Å². The zero-order chi connectivity index (χ0) is 19.8. The van der Waals surface area contributed by atoms with Crippen LogP contribution in [0.15, 0.2) is 42.5 Å². The van der Waals surface area contributed by atoms with E-state index in [0.29, 0.717) is 17.3 Å². The highest BCUT2D eigenvalue weighted by Crippen LogP contribution is 2.21. The first-order valence-electron chi connectivity index (χ1n) is 8.97. The van der Waals surface area contributed by atoms with Crippen molar-refractivity contribution in [3.63, 3.8) is 0 Å². The van der Waals surface area contributed by atoms with Gasteiger partial charge < -0.3 is 20.1 Å². The Labute approximate surface area is 166 Å². The summed E-state index contributed by atoms with van der Waals surface area (Å²) in [6.45, 7) is 6.17. The van der Waals surface area contributed by atoms with Crippen LogP contribution in [0, 0.1) is 6.92 Å². The molecular formula is C21H26N2O3S. The molecule has 5 nitrogen and oxygen atoms in total. The standard InChI is InChI=1S/C21H26N2O3S/c1-5-18(15-7-10-17(25-4)11-8-15)22-21(27)23-19-12-9-16(13-14(19)3)20(24)26-6-2/h7-13,18H,5-6H2,1-4H3,(H2,22,23,27)/t18-/m1/s1. The number of carbonyl (C=O) groups is 1. The van der Waals surface area contributed by atoms with Crippen LogP contribution in [-0.2, 0) is 4.74 Å². The quantitative estimate of drug-likeness (QED) is 0.535. The van der Waals surface area contributed by atoms with E-state index < -0.39 is 0 Å². The number of aryl methyl sites for hydroxylation is 1. The van der Waals surface area contributed by atoms with E-state index in [1.54, 1.807) is 26.2 Å². The minimum absolute atomic E-state index is 0.0926. The lowest BCUT2D eigenvalue weighted by Gasteiger charge is -2.21. The summed E-state index contributed by atoms with van der Waals surface area (Å²) in [7, 11) is 1.65. The summed E-state index contributed by atoms with van der Waals surface area (Å²) >= 11 is 5.47. The third kappa shape index (κ3) is 5.69. The second-order valence-electron chi connectivity index (χ2n) is 6.08. The van der Waals surface area contributed by atoms with Crippen LogP contribution in [0.2, 0.25) is 0 Å². The molecule has 2 N–H and O–H groups in total. The topological polar surface area (TPSA) is 59.6 Å². The molecule has 0 saturated heterocycles. The molecule has 0 unspecified atom stereocenters. The summed E-state index contributed by atoms with van der Waals surface area (Å²) in [6, 6.07) is 13.4. The van der Waals surface area contributed by atoms with Gasteiger partial charge >= 0.3 is 5.97 Å². The number of methoxy groups -OCH3 is 1. The molecule has 0 aromatic heterocycles. The van der Waals surface area contributed by atoms with Crippen molar-refractivity contribution in [2.75, 3.05) is 19.0 Å². The van der Waals surface area contributed by atoms with Crippen LogP contribution < -0.4 is 15.4 Å². The molecule has 0 aliphatic carbocycles. The van der Waals surface area contributed by atoms with Gasteiger partial charge in [-0.2, -0.15) is 0 Å². The van der Waals surface area contributed by atoms with Gasteiger partial charge in [0, 0.05) is 5.69 Å². The number of rotatable bonds is 7. The van der Waals surface area contributed by atoms with Crippen molar-refractivity contribution >= 4 is 29.0 Å². The van der Waals surface area contributed by atoms with Crippen LogP contribution in [0.5, 0.6) is 5.75 Å². The number of anilines is 1. The molecule has 0 amide bonds. The van der Waals surface area contributed by atoms with Gasteiger partial charge in [0.1, 0.15) is 5.75 Å². The number of hydrogen-bond acceptors (Lipinski definition) is 4. The fourth-order valence-corrected chi connectivity index (χ4v) is 2.97. The molecule has 2 rings (SSSR count). The molecule has 6 heteroatoms. The highest BCUT2D eigenvalue weighted by molar-refractivity contribution is 7.80. The minimum Gasteiger partial charge on any atom is -0.497 e. The lowest BCUT2D eigenvalue weighted by Crippen LogP contribution is -2.32. The Kier molecular flexibility index (Phi) is 7.61. The lowest BCUT2D eigenvalue weighted by molar-refractivity contribution is 0.0526. The van der Waals surface area contributed by atoms with Crippen molar-refractivity contribution in [2.45, 2.75) is 33.2 Å². The summed E-state index contributed by atoms with van der Waals surface area (Å²) in [4.78, 5) is 11.8. The average molecular weight is 387 g/mol. The van der Waals surface area contributed by atoms with Crippen LogP contribution >= 0.6 is 12.2 Å². The van der Waals surface area contributed by atoms with E-state index in [0.717, 1.165) is 29.0 Å². The molecule has 0 bridgehead atoms. The van der Waals surface area contributed by atoms with E-state index in [2.05, 4.69) is 17.6 Å². The Hall–Kier alpha value is -2.60. The molecule has 144 valence electrons. The van der Waals surface area contributed by atoms with Gasteiger partial charge in [0.2, 0.25) is 0 Å². The number of ether oxygens (including phenoxy) is 2. The van der Waals surface area contributed by atoms with Gasteiger partial charge in [0.05, 0.1) is 25.3 Å². The maximum atomic E-state index is 11.8. The third-order valence-corrected chi connectivity index (χ3v) is 4.44. The van der Waals surface area contributed by atoms with Crippen molar-refractivity contribution in [3.8, 4) is 5.75 Å². The first-order valence-corrected chi connectivity index (χ1v) is 9.38. The summed E-state index contributed by atoms with van der Waals surface area (Å²) < 4.78 is 10.2. The number of benzene rings is 2. The molecular weight excluding hydrogens is 360 g/mol. The van der Waals surface area contributed by atoms with E-state index >= 15 is 0 Å². The van der Waals surface area contributed by atoms with Crippen molar-refractivity contribution in [2.24, 2.45) is 0 Å². The van der Waals surface area contributed by atoms with Crippen molar-refractivity contribution in [3.05, 3.63) is 59.2 Å². The van der Waals surface area contributed by atoms with Crippen molar-refractivity contribution < 1.29 is 14.3 Å². The lowest BCUT2D eigenvalue weighted by atomic mass is 10.0. The van der Waals surface area contributed by atoms with Gasteiger partial charge in [-0.05, 0) is 73.9 Å². The van der Waals surface area contributed by atoms with Gasteiger partial charge in [-0.3, -0.25) is 0 Å². The van der Waals surface area contributed by atoms with E-state index in [-0.39, 0.29) is 12.0 Å². The predicted octanol–water partition coefficient (Wildman–Crippen LogP) is 4.62. The first-order chi connectivity index (χ1) is 13.0. The van der Waals surface area contributed by atoms with Gasteiger partial charge in [0.15, 0.2) is 5.11 Å². The molecule has 0 saturated carbocycles. The first kappa shape index (κ1) is 20.7. The highest BCUT2D eigenvalue weighted by Gasteiger charge is 2.13. The van der Waals surface area contributed by atoms with E-state index in [1.807, 2.05) is 37.3 Å². The molecule has 0 aliphatic heterocycles. The van der Waals surface area contributed by atoms with Gasteiger partial charge in [0.25, 0.3) is 0 Å². The largest absolute Gasteiger partial charge is 0.497 e. The normalized spacial score (nSPS) is 11.4. The van der Waals surface area contributed by atoms with E-state index in [1.165, 1.54) is 0 Å². The zero-order valence-electron chi connectivity index (χ0n) is 16.2. The molecule has 27 heavy (non-hydrogen) atoms. The third-order valence-electron chi connectivity index (χ3n) is 4.22. The summed E-state index contributed by atoms with van der Waals surface area (Å²) in [5.74, 6) is 0.505. The summed E-state index contributed by atoms with van der Waals surface area (Å²) in [5, 5.41) is 7.08. The molecule has 2 aromatic rings. The number of carbonyl (C=O) groups excluding carboxylic acids is 1. The van der Waals surface area contributed by atoms with Crippen LogP contribution in [0.1, 0.15) is 47.8 Å². The monoisotopic (exact) mass is 386 g/mol. The molecule has 0 heterocycles. The van der Waals surface area contributed by atoms with Crippen molar-refractivity contribution in [1.29, 1.82) is 0 Å². The van der Waals surface area contributed by atoms with Crippen LogP contribution in [0.25, 0.3) is 0 Å². The van der Waals surface area contributed by atoms with E-state index in [9.17, 15) is 4.79 Å². The second kappa shape index (κ2) is 9.92. The van der Waals surface area contributed by atoms with Crippen LogP contribution in [-0.4, -0.2) is 24.8 Å². The van der Waals surface area contributed by atoms with Gasteiger partial charge in [-0.15, -0.1) is 0 Å².